The van der Waals surface area contributed by atoms with Crippen LogP contribution in [0.1, 0.15) is 0 Å². The maximum Gasteiger partial charge on any atom is 0.171 e. The van der Waals surface area contributed by atoms with Crippen LogP contribution in [0, 0.1) is 0 Å². The molecular formula is C52H33N6OPS. The van der Waals surface area contributed by atoms with E-state index < -0.39 is 7.14 Å². The van der Waals surface area contributed by atoms with Gasteiger partial charge >= 0.3 is 0 Å². The molecule has 8 aromatic carbocycles. The van der Waals surface area contributed by atoms with E-state index >= 15 is 4.57 Å². The van der Waals surface area contributed by atoms with Crippen LogP contribution in [0.25, 0.3) is 89.3 Å². The van der Waals surface area contributed by atoms with Crippen LogP contribution in [0.15, 0.2) is 200 Å². The molecule has 0 atom stereocenters. The predicted molar refractivity (Wildman–Crippen MR) is 250 cm³/mol. The van der Waals surface area contributed by atoms with E-state index in [0.717, 1.165) is 87.7 Å². The van der Waals surface area contributed by atoms with Crippen molar-refractivity contribution in [2.75, 3.05) is 0 Å². The van der Waals surface area contributed by atoms with E-state index in [4.69, 9.17) is 24.3 Å². The molecule has 0 spiro atoms. The fourth-order valence-electron chi connectivity index (χ4n) is 8.07. The van der Waals surface area contributed by atoms with Crippen molar-refractivity contribution in [3.63, 3.8) is 0 Å². The van der Waals surface area contributed by atoms with Crippen molar-refractivity contribution < 1.29 is 4.57 Å². The summed E-state index contributed by atoms with van der Waals surface area (Å²) < 4.78 is 24.4. The summed E-state index contributed by atoms with van der Waals surface area (Å²) in [6.45, 7) is 0. The summed E-state index contributed by atoms with van der Waals surface area (Å²) in [4.78, 5) is 20.4. The topological polar surface area (TPSA) is 94.4 Å². The smallest absolute Gasteiger partial charge is 0.171 e. The highest BCUT2D eigenvalue weighted by atomic mass is 32.1. The lowest BCUT2D eigenvalue weighted by Gasteiger charge is -2.20. The zero-order valence-corrected chi connectivity index (χ0v) is 34.2. The standard InChI is InChI=1S/C52H33N6OPS/c59-60(40-20-9-3-10-21-40,41-22-11-4-12-23-41)42-27-24-36(25-28-42)51-54-50(35-16-7-2-8-17-35)55-52(56-51)39-19-13-18-37(32-39)38-26-29-43-46(33-38)53-48(34-14-5-1-6-15-34)44-30-31-45-49(47(43)44)58-61-57-45/h1-33H. The van der Waals surface area contributed by atoms with Gasteiger partial charge in [-0.05, 0) is 35.4 Å². The average Bonchev–Trinajstić information content (AvgIpc) is 3.84. The molecule has 3 heterocycles. The molecule has 0 aliphatic heterocycles. The molecule has 0 radical (unpaired) electrons. The van der Waals surface area contributed by atoms with Crippen molar-refractivity contribution in [1.82, 2.24) is 28.7 Å². The first-order chi connectivity index (χ1) is 30.1. The van der Waals surface area contributed by atoms with Gasteiger partial charge in [-0.15, -0.1) is 0 Å². The number of rotatable bonds is 8. The summed E-state index contributed by atoms with van der Waals surface area (Å²) in [6, 6.07) is 66.3. The van der Waals surface area contributed by atoms with E-state index in [-0.39, 0.29) is 0 Å². The highest BCUT2D eigenvalue weighted by Crippen LogP contribution is 2.43. The van der Waals surface area contributed by atoms with Crippen molar-refractivity contribution in [2.24, 2.45) is 0 Å². The Morgan fingerprint density at radius 1 is 0.361 bits per heavy atom. The quantitative estimate of drug-likeness (QED) is 0.111. The van der Waals surface area contributed by atoms with E-state index in [1.807, 2.05) is 152 Å². The number of pyridine rings is 1. The molecule has 7 nitrogen and oxygen atoms in total. The van der Waals surface area contributed by atoms with Crippen LogP contribution in [0.5, 0.6) is 0 Å². The molecule has 0 saturated carbocycles. The van der Waals surface area contributed by atoms with Crippen LogP contribution in [0.2, 0.25) is 0 Å². The van der Waals surface area contributed by atoms with Crippen molar-refractivity contribution in [3.8, 4) is 56.5 Å². The Balaban J connectivity index is 1.02. The summed E-state index contributed by atoms with van der Waals surface area (Å²) in [6.07, 6.45) is 0. The highest BCUT2D eigenvalue weighted by Gasteiger charge is 2.29. The SMILES string of the molecule is O=P(c1ccccc1)(c1ccccc1)c1ccc(-c2nc(-c3ccccc3)nc(-c3cccc(-c4ccc5c(c4)nc(-c4ccccc4)c4ccc6nsnc6c45)c3)n2)cc1. The van der Waals surface area contributed by atoms with E-state index in [9.17, 15) is 0 Å². The van der Waals surface area contributed by atoms with E-state index in [1.54, 1.807) is 0 Å². The minimum absolute atomic E-state index is 0.521. The van der Waals surface area contributed by atoms with Crippen molar-refractivity contribution >= 4 is 67.5 Å². The molecule has 0 fully saturated rings. The molecule has 3 aromatic heterocycles. The van der Waals surface area contributed by atoms with Gasteiger partial charge in [-0.2, -0.15) is 8.75 Å². The normalized spacial score (nSPS) is 11.7. The monoisotopic (exact) mass is 820 g/mol. The zero-order valence-electron chi connectivity index (χ0n) is 32.5. The lowest BCUT2D eigenvalue weighted by Crippen LogP contribution is -2.24. The molecule has 11 rings (SSSR count). The van der Waals surface area contributed by atoms with E-state index in [0.29, 0.717) is 17.5 Å². The van der Waals surface area contributed by atoms with Crippen LogP contribution in [0.3, 0.4) is 0 Å². The Morgan fingerprint density at radius 2 is 0.852 bits per heavy atom. The second-order valence-electron chi connectivity index (χ2n) is 14.8. The fraction of sp³-hybridized carbons (Fsp3) is 0. The van der Waals surface area contributed by atoms with Crippen LogP contribution in [-0.4, -0.2) is 28.7 Å². The van der Waals surface area contributed by atoms with Gasteiger partial charge in [-0.25, -0.2) is 19.9 Å². The molecular weight excluding hydrogens is 788 g/mol. The Hall–Kier alpha value is -7.51. The zero-order chi connectivity index (χ0) is 40.8. The molecule has 0 saturated heterocycles. The number of aromatic nitrogens is 6. The first kappa shape index (κ1) is 36.6. The lowest BCUT2D eigenvalue weighted by atomic mass is 9.96. The van der Waals surface area contributed by atoms with Gasteiger partial charge in [0.2, 0.25) is 0 Å². The van der Waals surface area contributed by atoms with Crippen molar-refractivity contribution in [2.45, 2.75) is 0 Å². The van der Waals surface area contributed by atoms with Gasteiger partial charge in [0.15, 0.2) is 24.6 Å². The number of benzene rings is 8. The number of hydrogen-bond donors (Lipinski definition) is 0. The molecule has 0 N–H and O–H groups in total. The Kier molecular flexibility index (Phi) is 9.15. The Bertz CT molecular complexity index is 3400. The van der Waals surface area contributed by atoms with Crippen LogP contribution < -0.4 is 15.9 Å². The van der Waals surface area contributed by atoms with Gasteiger partial charge in [-0.3, -0.25) is 0 Å². The van der Waals surface area contributed by atoms with E-state index in [1.165, 1.54) is 11.7 Å². The third-order valence-corrected chi connectivity index (χ3v) is 14.7. The van der Waals surface area contributed by atoms with Gasteiger partial charge in [0, 0.05) is 54.3 Å². The molecule has 11 aromatic rings. The Labute approximate surface area is 355 Å². The third-order valence-electron chi connectivity index (χ3n) is 11.1. The van der Waals surface area contributed by atoms with Gasteiger partial charge in [0.05, 0.1) is 22.9 Å². The van der Waals surface area contributed by atoms with Gasteiger partial charge in [0.1, 0.15) is 11.0 Å². The molecule has 61 heavy (non-hydrogen) atoms. The molecule has 0 aliphatic carbocycles. The van der Waals surface area contributed by atoms with Crippen LogP contribution >= 0.6 is 18.9 Å². The maximum absolute atomic E-state index is 15.1. The van der Waals surface area contributed by atoms with Crippen molar-refractivity contribution in [1.29, 1.82) is 0 Å². The molecule has 0 unspecified atom stereocenters. The second-order valence-corrected chi connectivity index (χ2v) is 18.1. The Morgan fingerprint density at radius 3 is 1.51 bits per heavy atom. The summed E-state index contributed by atoms with van der Waals surface area (Å²) in [5.41, 5.74) is 9.12. The number of fused-ring (bicyclic) bond motifs is 5. The first-order valence-electron chi connectivity index (χ1n) is 19.9. The van der Waals surface area contributed by atoms with Crippen LogP contribution in [-0.2, 0) is 4.57 Å². The average molecular weight is 821 g/mol. The number of hydrogen-bond acceptors (Lipinski definition) is 8. The van der Waals surface area contributed by atoms with Crippen molar-refractivity contribution in [3.05, 3.63) is 200 Å². The molecule has 288 valence electrons. The van der Waals surface area contributed by atoms with Gasteiger partial charge in [-0.1, -0.05) is 176 Å². The predicted octanol–water partition coefficient (Wildman–Crippen LogP) is 11.6. The molecule has 9 heteroatoms. The summed E-state index contributed by atoms with van der Waals surface area (Å²) in [5.74, 6) is 1.63. The van der Waals surface area contributed by atoms with Gasteiger partial charge in [0.25, 0.3) is 0 Å². The largest absolute Gasteiger partial charge is 0.309 e. The fourth-order valence-corrected chi connectivity index (χ4v) is 11.3. The third kappa shape index (κ3) is 6.59. The maximum atomic E-state index is 15.1. The lowest BCUT2D eigenvalue weighted by molar-refractivity contribution is 0.592. The minimum Gasteiger partial charge on any atom is -0.309 e. The highest BCUT2D eigenvalue weighted by molar-refractivity contribution is 7.85. The summed E-state index contributed by atoms with van der Waals surface area (Å²) in [5, 5.41) is 5.42. The summed E-state index contributed by atoms with van der Waals surface area (Å²) in [7, 11) is -3.16. The molecule has 0 amide bonds. The van der Waals surface area contributed by atoms with Gasteiger partial charge < -0.3 is 4.57 Å². The number of nitrogens with zero attached hydrogens (tertiary/aromatic N) is 6. The molecule has 0 bridgehead atoms. The summed E-state index contributed by atoms with van der Waals surface area (Å²) >= 11 is 1.23. The van der Waals surface area contributed by atoms with Crippen LogP contribution in [0.4, 0.5) is 0 Å². The first-order valence-corrected chi connectivity index (χ1v) is 22.3. The second kappa shape index (κ2) is 15.3. The minimum atomic E-state index is -3.16. The van der Waals surface area contributed by atoms with E-state index in [2.05, 4.69) is 52.9 Å². The molecule has 0 aliphatic rings.